The third kappa shape index (κ3) is 1.78. The van der Waals surface area contributed by atoms with E-state index in [1.54, 1.807) is 0 Å². The van der Waals surface area contributed by atoms with Gasteiger partial charge in [0.1, 0.15) is 11.9 Å². The van der Waals surface area contributed by atoms with Crippen LogP contribution in [0.1, 0.15) is 22.6 Å². The lowest BCUT2D eigenvalue weighted by Crippen LogP contribution is -2.16. The van der Waals surface area contributed by atoms with Crippen LogP contribution in [0.4, 0.5) is 0 Å². The molecule has 0 radical (unpaired) electrons. The van der Waals surface area contributed by atoms with E-state index in [1.807, 2.05) is 6.07 Å². The summed E-state index contributed by atoms with van der Waals surface area (Å²) in [6, 6.07) is 17.0. The molecule has 1 heterocycles. The summed E-state index contributed by atoms with van der Waals surface area (Å²) < 4.78 is 5.98. The topological polar surface area (TPSA) is 9.23 Å². The van der Waals surface area contributed by atoms with E-state index in [-0.39, 0.29) is 6.10 Å². The molecule has 0 saturated heterocycles. The van der Waals surface area contributed by atoms with Crippen LogP contribution >= 0.6 is 0 Å². The molecule has 0 spiro atoms. The Labute approximate surface area is 119 Å². The van der Waals surface area contributed by atoms with Crippen molar-refractivity contribution in [2.75, 3.05) is 0 Å². The number of allylic oxidation sites excluding steroid dienone is 2. The van der Waals surface area contributed by atoms with Gasteiger partial charge in [0.2, 0.25) is 0 Å². The highest BCUT2D eigenvalue weighted by Crippen LogP contribution is 2.43. The van der Waals surface area contributed by atoms with Crippen LogP contribution in [-0.2, 0) is 0 Å². The highest BCUT2D eigenvalue weighted by atomic mass is 16.5. The molecule has 0 N–H and O–H groups in total. The van der Waals surface area contributed by atoms with Crippen molar-refractivity contribution < 1.29 is 4.74 Å². The number of aryl methyl sites for hydroxylation is 1. The number of para-hydroxylation sites is 1. The molecule has 98 valence electrons. The van der Waals surface area contributed by atoms with Gasteiger partial charge in [-0.2, -0.15) is 0 Å². The molecular weight excluding hydrogens is 244 g/mol. The van der Waals surface area contributed by atoms with Crippen LogP contribution in [0.3, 0.4) is 0 Å². The summed E-state index contributed by atoms with van der Waals surface area (Å²) in [5, 5.41) is 0. The van der Waals surface area contributed by atoms with Crippen molar-refractivity contribution in [3.63, 3.8) is 0 Å². The van der Waals surface area contributed by atoms with Crippen LogP contribution in [0.5, 0.6) is 5.75 Å². The molecule has 0 bridgehead atoms. The van der Waals surface area contributed by atoms with Crippen LogP contribution in [0.25, 0.3) is 5.57 Å². The largest absolute Gasteiger partial charge is 0.485 e. The van der Waals surface area contributed by atoms with Gasteiger partial charge in [0.25, 0.3) is 0 Å². The van der Waals surface area contributed by atoms with Gasteiger partial charge in [-0.25, -0.2) is 0 Å². The van der Waals surface area contributed by atoms with Gasteiger partial charge in [-0.3, -0.25) is 0 Å². The number of fused-ring (bicyclic) bond motifs is 3. The molecule has 1 aliphatic heterocycles. The number of hydrogen-bond acceptors (Lipinski definition) is 1. The predicted octanol–water partition coefficient (Wildman–Crippen LogP) is 4.49. The second kappa shape index (κ2) is 4.38. The molecule has 1 heteroatoms. The standard InChI is InChI=1S/C19H16O/c1-13-6-8-14(9-7-13)15-10-11-19-17(12-15)16-4-2-3-5-18(16)20-19/h2-12,17,19H,1H3. The summed E-state index contributed by atoms with van der Waals surface area (Å²) in [5.74, 6) is 1.36. The van der Waals surface area contributed by atoms with Crippen LogP contribution in [0, 0.1) is 6.92 Å². The molecule has 2 aliphatic rings. The van der Waals surface area contributed by atoms with Gasteiger partial charge >= 0.3 is 0 Å². The average molecular weight is 260 g/mol. The van der Waals surface area contributed by atoms with E-state index >= 15 is 0 Å². The lowest BCUT2D eigenvalue weighted by Gasteiger charge is -2.18. The smallest absolute Gasteiger partial charge is 0.128 e. The predicted molar refractivity (Wildman–Crippen MR) is 81.9 cm³/mol. The molecule has 1 aliphatic carbocycles. The zero-order chi connectivity index (χ0) is 13.5. The van der Waals surface area contributed by atoms with E-state index in [4.69, 9.17) is 4.74 Å². The van der Waals surface area contributed by atoms with Crippen LogP contribution in [0.2, 0.25) is 0 Å². The number of rotatable bonds is 1. The fraction of sp³-hybridized carbons (Fsp3) is 0.158. The SMILES string of the molecule is Cc1ccc(C2=CC3c4ccccc4OC3C=C2)cc1. The molecule has 0 fully saturated rings. The first-order valence-corrected chi connectivity index (χ1v) is 7.04. The Morgan fingerprint density at radius 3 is 2.60 bits per heavy atom. The fourth-order valence-corrected chi connectivity index (χ4v) is 2.99. The Kier molecular flexibility index (Phi) is 2.53. The zero-order valence-electron chi connectivity index (χ0n) is 11.4. The molecule has 0 amide bonds. The third-order valence-electron chi connectivity index (χ3n) is 4.10. The Balaban J connectivity index is 1.75. The molecule has 2 aromatic rings. The Bertz CT molecular complexity index is 707. The van der Waals surface area contributed by atoms with Gasteiger partial charge in [0.05, 0.1) is 0 Å². The second-order valence-electron chi connectivity index (χ2n) is 5.49. The molecule has 2 unspecified atom stereocenters. The van der Waals surface area contributed by atoms with Crippen LogP contribution in [-0.4, -0.2) is 6.10 Å². The molecule has 4 rings (SSSR count). The van der Waals surface area contributed by atoms with E-state index in [9.17, 15) is 0 Å². The summed E-state index contributed by atoms with van der Waals surface area (Å²) in [6.45, 7) is 2.12. The summed E-state index contributed by atoms with van der Waals surface area (Å²) in [7, 11) is 0. The third-order valence-corrected chi connectivity index (χ3v) is 4.10. The first-order valence-electron chi connectivity index (χ1n) is 7.04. The van der Waals surface area contributed by atoms with E-state index < -0.39 is 0 Å². The quantitative estimate of drug-likeness (QED) is 0.734. The van der Waals surface area contributed by atoms with Gasteiger partial charge in [0, 0.05) is 11.5 Å². The summed E-state index contributed by atoms with van der Waals surface area (Å²) in [4.78, 5) is 0. The minimum atomic E-state index is 0.154. The lowest BCUT2D eigenvalue weighted by molar-refractivity contribution is 0.269. The monoisotopic (exact) mass is 260 g/mol. The Morgan fingerprint density at radius 1 is 0.950 bits per heavy atom. The van der Waals surface area contributed by atoms with E-state index in [2.05, 4.69) is 67.6 Å². The molecule has 0 saturated carbocycles. The fourth-order valence-electron chi connectivity index (χ4n) is 2.99. The summed E-state index contributed by atoms with van der Waals surface area (Å²) >= 11 is 0. The molecule has 1 nitrogen and oxygen atoms in total. The summed E-state index contributed by atoms with van der Waals surface area (Å²) in [6.07, 6.45) is 6.85. The Hall–Kier alpha value is -2.28. The van der Waals surface area contributed by atoms with Gasteiger partial charge in [-0.05, 0) is 30.2 Å². The maximum absolute atomic E-state index is 5.98. The first-order chi connectivity index (χ1) is 9.81. The van der Waals surface area contributed by atoms with E-state index in [1.165, 1.54) is 22.3 Å². The maximum atomic E-state index is 5.98. The Morgan fingerprint density at radius 2 is 1.75 bits per heavy atom. The van der Waals surface area contributed by atoms with Crippen LogP contribution in [0.15, 0.2) is 66.8 Å². The zero-order valence-corrected chi connectivity index (χ0v) is 11.4. The normalized spacial score (nSPS) is 22.8. The molecule has 2 aromatic carbocycles. The summed E-state index contributed by atoms with van der Waals surface area (Å²) in [5.41, 5.74) is 5.15. The van der Waals surface area contributed by atoms with E-state index in [0.717, 1.165) is 5.75 Å². The first kappa shape index (κ1) is 11.5. The highest BCUT2D eigenvalue weighted by molar-refractivity contribution is 5.77. The van der Waals surface area contributed by atoms with Crippen molar-refractivity contribution in [2.45, 2.75) is 18.9 Å². The van der Waals surface area contributed by atoms with Crippen molar-refractivity contribution in [1.29, 1.82) is 0 Å². The van der Waals surface area contributed by atoms with Crippen molar-refractivity contribution >= 4 is 5.57 Å². The maximum Gasteiger partial charge on any atom is 0.128 e. The molecular formula is C19H16O. The van der Waals surface area contributed by atoms with Crippen LogP contribution < -0.4 is 4.74 Å². The number of hydrogen-bond donors (Lipinski definition) is 0. The van der Waals surface area contributed by atoms with E-state index in [0.29, 0.717) is 5.92 Å². The van der Waals surface area contributed by atoms with Crippen molar-refractivity contribution in [1.82, 2.24) is 0 Å². The van der Waals surface area contributed by atoms with Crippen molar-refractivity contribution in [3.8, 4) is 5.75 Å². The van der Waals surface area contributed by atoms with Crippen molar-refractivity contribution in [2.24, 2.45) is 0 Å². The minimum absolute atomic E-state index is 0.154. The highest BCUT2D eigenvalue weighted by Gasteiger charge is 2.32. The molecule has 0 aromatic heterocycles. The van der Waals surface area contributed by atoms with Crippen molar-refractivity contribution in [3.05, 3.63) is 83.4 Å². The van der Waals surface area contributed by atoms with Gasteiger partial charge < -0.3 is 4.74 Å². The van der Waals surface area contributed by atoms with Gasteiger partial charge in [-0.15, -0.1) is 0 Å². The van der Waals surface area contributed by atoms with Gasteiger partial charge in [-0.1, -0.05) is 60.2 Å². The lowest BCUT2D eigenvalue weighted by atomic mass is 9.87. The van der Waals surface area contributed by atoms with Gasteiger partial charge in [0.15, 0.2) is 0 Å². The second-order valence-corrected chi connectivity index (χ2v) is 5.49. The minimum Gasteiger partial charge on any atom is -0.485 e. The number of ether oxygens (including phenoxy) is 1. The molecule has 20 heavy (non-hydrogen) atoms. The molecule has 2 atom stereocenters. The number of benzene rings is 2. The average Bonchev–Trinajstić information content (AvgIpc) is 2.86.